The van der Waals surface area contributed by atoms with Crippen molar-refractivity contribution in [1.82, 2.24) is 9.97 Å². The molecule has 0 saturated carbocycles. The Balaban J connectivity index is 1.66. The van der Waals surface area contributed by atoms with Gasteiger partial charge in [-0.3, -0.25) is 4.79 Å². The highest BCUT2D eigenvalue weighted by molar-refractivity contribution is 9.10. The third-order valence-corrected chi connectivity index (χ3v) is 8.06. The van der Waals surface area contributed by atoms with Crippen LogP contribution in [0.5, 0.6) is 0 Å². The Morgan fingerprint density at radius 2 is 1.78 bits per heavy atom. The lowest BCUT2D eigenvalue weighted by Gasteiger charge is -2.16. The van der Waals surface area contributed by atoms with E-state index in [0.29, 0.717) is 16.0 Å². The third-order valence-electron chi connectivity index (χ3n) is 5.27. The van der Waals surface area contributed by atoms with E-state index in [-0.39, 0.29) is 16.8 Å². The van der Waals surface area contributed by atoms with Gasteiger partial charge >= 0.3 is 0 Å². The summed E-state index contributed by atoms with van der Waals surface area (Å²) in [4.78, 5) is 23.3. The summed E-state index contributed by atoms with van der Waals surface area (Å²) in [5.41, 5.74) is 2.08. The number of sulfone groups is 1. The maximum absolute atomic E-state index is 12.8. The van der Waals surface area contributed by atoms with Crippen molar-refractivity contribution in [1.29, 1.82) is 0 Å². The minimum atomic E-state index is -3.50. The Morgan fingerprint density at radius 3 is 2.53 bits per heavy atom. The predicted octanol–water partition coefficient (Wildman–Crippen LogP) is 4.29. The fourth-order valence-electron chi connectivity index (χ4n) is 3.47. The number of rotatable bonds is 6. The number of para-hydroxylation sites is 2. The van der Waals surface area contributed by atoms with E-state index < -0.39 is 21.1 Å². The Morgan fingerprint density at radius 1 is 1.09 bits per heavy atom. The minimum Gasteiger partial charge on any atom is -0.338 e. The first kappa shape index (κ1) is 22.2. The van der Waals surface area contributed by atoms with E-state index >= 15 is 0 Å². The van der Waals surface area contributed by atoms with Gasteiger partial charge in [-0.1, -0.05) is 30.3 Å². The molecule has 0 bridgehead atoms. The molecule has 4 rings (SSSR count). The van der Waals surface area contributed by atoms with Crippen molar-refractivity contribution in [2.24, 2.45) is 0 Å². The van der Waals surface area contributed by atoms with Gasteiger partial charge in [-0.25, -0.2) is 13.4 Å². The van der Waals surface area contributed by atoms with E-state index in [1.807, 2.05) is 24.3 Å². The molecule has 166 valence electrons. The summed E-state index contributed by atoms with van der Waals surface area (Å²) in [5.74, 6) is 0.505. The molecule has 0 radical (unpaired) electrons. The van der Waals surface area contributed by atoms with Crippen LogP contribution in [0.3, 0.4) is 0 Å². The molecule has 8 nitrogen and oxygen atoms in total. The van der Waals surface area contributed by atoms with Crippen LogP contribution in [0.2, 0.25) is 0 Å². The summed E-state index contributed by atoms with van der Waals surface area (Å²) in [6.07, 6.45) is 1.55. The molecular weight excluding hydrogens is 494 g/mol. The molecule has 1 atom stereocenters. The van der Waals surface area contributed by atoms with E-state index in [4.69, 9.17) is 0 Å². The Hall–Kier alpha value is -2.98. The second-order valence-corrected chi connectivity index (χ2v) is 11.0. The van der Waals surface area contributed by atoms with Crippen LogP contribution in [0.4, 0.5) is 23.1 Å². The molecule has 2 heterocycles. The van der Waals surface area contributed by atoms with Crippen molar-refractivity contribution in [2.75, 3.05) is 22.6 Å². The molecule has 1 amide bonds. The number of likely N-dealkylation sites (N-methyl/N-ethyl adjacent to an activating group) is 1. The number of benzene rings is 2. The van der Waals surface area contributed by atoms with Crippen molar-refractivity contribution < 1.29 is 13.2 Å². The summed E-state index contributed by atoms with van der Waals surface area (Å²) in [5, 5.41) is 5.63. The van der Waals surface area contributed by atoms with Gasteiger partial charge in [0.2, 0.25) is 5.95 Å². The van der Waals surface area contributed by atoms with Crippen LogP contribution < -0.4 is 15.5 Å². The minimum absolute atomic E-state index is 0.111. The van der Waals surface area contributed by atoms with Crippen LogP contribution in [-0.2, 0) is 14.6 Å². The topological polar surface area (TPSA) is 104 Å². The molecule has 1 unspecified atom stereocenters. The van der Waals surface area contributed by atoms with Crippen molar-refractivity contribution >= 4 is 54.8 Å². The first-order valence-electron chi connectivity index (χ1n) is 9.95. The number of fused-ring (bicyclic) bond motifs is 1. The van der Waals surface area contributed by atoms with E-state index in [9.17, 15) is 13.2 Å². The molecule has 0 aliphatic carbocycles. The summed E-state index contributed by atoms with van der Waals surface area (Å²) in [6.45, 7) is 3.28. The number of hydrogen-bond donors (Lipinski definition) is 2. The fourth-order valence-corrected chi connectivity index (χ4v) is 4.97. The van der Waals surface area contributed by atoms with Crippen LogP contribution in [0.25, 0.3) is 0 Å². The summed E-state index contributed by atoms with van der Waals surface area (Å²) >= 11 is 3.41. The maximum Gasteiger partial charge on any atom is 0.254 e. The first-order chi connectivity index (χ1) is 15.2. The molecule has 3 aromatic rings. The molecule has 2 aromatic carbocycles. The van der Waals surface area contributed by atoms with Gasteiger partial charge in [0, 0.05) is 24.5 Å². The molecule has 0 fully saturated rings. The molecular formula is C22H22BrN5O3S. The smallest absolute Gasteiger partial charge is 0.254 e. The van der Waals surface area contributed by atoms with Crippen molar-refractivity contribution in [2.45, 2.75) is 30.0 Å². The van der Waals surface area contributed by atoms with Crippen LogP contribution >= 0.6 is 15.9 Å². The molecule has 0 spiro atoms. The Kier molecular flexibility index (Phi) is 5.91. The van der Waals surface area contributed by atoms with E-state index in [0.717, 1.165) is 11.3 Å². The summed E-state index contributed by atoms with van der Waals surface area (Å²) in [6, 6.07) is 13.6. The van der Waals surface area contributed by atoms with Gasteiger partial charge in [0.15, 0.2) is 9.84 Å². The summed E-state index contributed by atoms with van der Waals surface area (Å²) < 4.78 is 26.1. The highest BCUT2D eigenvalue weighted by atomic mass is 79.9. The normalized spacial score (nSPS) is 15.7. The largest absolute Gasteiger partial charge is 0.338 e. The van der Waals surface area contributed by atoms with Crippen molar-refractivity contribution in [3.05, 3.63) is 64.8 Å². The number of anilines is 4. The first-order valence-corrected chi connectivity index (χ1v) is 12.3. The van der Waals surface area contributed by atoms with Crippen molar-refractivity contribution in [3.63, 3.8) is 0 Å². The number of aromatic nitrogens is 2. The summed E-state index contributed by atoms with van der Waals surface area (Å²) in [7, 11) is -1.78. The molecule has 1 aliphatic rings. The number of nitrogens with zero attached hydrogens (tertiary/aromatic N) is 3. The van der Waals surface area contributed by atoms with Crippen LogP contribution in [-0.4, -0.2) is 36.6 Å². The maximum atomic E-state index is 12.8. The zero-order valence-electron chi connectivity index (χ0n) is 17.7. The Bertz CT molecular complexity index is 1300. The average Bonchev–Trinajstić information content (AvgIpc) is 3.01. The van der Waals surface area contributed by atoms with E-state index in [2.05, 4.69) is 36.5 Å². The van der Waals surface area contributed by atoms with Gasteiger partial charge in [-0.05, 0) is 48.0 Å². The SMILES string of the molecule is CC(C)S(=O)(=O)c1ccccc1Nc1nc(NC2C(=O)N(C)c3ccccc32)ncc1Br. The lowest BCUT2D eigenvalue weighted by Crippen LogP contribution is -2.28. The van der Waals surface area contributed by atoms with E-state index in [1.54, 1.807) is 56.3 Å². The van der Waals surface area contributed by atoms with Gasteiger partial charge in [0.05, 0.1) is 20.3 Å². The van der Waals surface area contributed by atoms with Crippen LogP contribution in [0.15, 0.2) is 64.1 Å². The zero-order valence-corrected chi connectivity index (χ0v) is 20.1. The molecule has 32 heavy (non-hydrogen) atoms. The molecule has 2 N–H and O–H groups in total. The second kappa shape index (κ2) is 8.51. The predicted molar refractivity (Wildman–Crippen MR) is 128 cm³/mol. The van der Waals surface area contributed by atoms with Gasteiger partial charge in [-0.15, -0.1) is 0 Å². The van der Waals surface area contributed by atoms with E-state index in [1.165, 1.54) is 0 Å². The lowest BCUT2D eigenvalue weighted by molar-refractivity contribution is -0.118. The van der Waals surface area contributed by atoms with Gasteiger partial charge in [0.25, 0.3) is 5.91 Å². The zero-order chi connectivity index (χ0) is 23.0. The van der Waals surface area contributed by atoms with Gasteiger partial charge < -0.3 is 15.5 Å². The third kappa shape index (κ3) is 3.95. The van der Waals surface area contributed by atoms with Gasteiger partial charge in [0.1, 0.15) is 11.9 Å². The molecule has 1 aliphatic heterocycles. The molecule has 10 heteroatoms. The number of carbonyl (C=O) groups excluding carboxylic acids is 1. The lowest BCUT2D eigenvalue weighted by atomic mass is 10.1. The fraction of sp³-hybridized carbons (Fsp3) is 0.227. The number of halogens is 1. The molecule has 1 aromatic heterocycles. The quantitative estimate of drug-likeness (QED) is 0.504. The van der Waals surface area contributed by atoms with Gasteiger partial charge in [-0.2, -0.15) is 4.98 Å². The number of amides is 1. The van der Waals surface area contributed by atoms with Crippen LogP contribution in [0, 0.1) is 0 Å². The highest BCUT2D eigenvalue weighted by Crippen LogP contribution is 2.37. The Labute approximate surface area is 195 Å². The number of nitrogens with one attached hydrogen (secondary N) is 2. The monoisotopic (exact) mass is 515 g/mol. The number of hydrogen-bond acceptors (Lipinski definition) is 7. The standard InChI is InChI=1S/C22H22BrN5O3S/c1-13(2)32(30,31)18-11-7-5-9-16(18)25-20-15(23)12-24-22(27-20)26-19-14-8-4-6-10-17(14)28(3)21(19)29/h4-13,19H,1-3H3,(H2,24,25,26,27). The second-order valence-electron chi connectivity index (χ2n) is 7.64. The number of carbonyl (C=O) groups is 1. The average molecular weight is 516 g/mol. The highest BCUT2D eigenvalue weighted by Gasteiger charge is 2.35. The van der Waals surface area contributed by atoms with Crippen LogP contribution in [0.1, 0.15) is 25.5 Å². The molecule has 0 saturated heterocycles. The van der Waals surface area contributed by atoms with Crippen molar-refractivity contribution in [3.8, 4) is 0 Å².